The van der Waals surface area contributed by atoms with Gasteiger partial charge in [-0.05, 0) is 27.6 Å². The summed E-state index contributed by atoms with van der Waals surface area (Å²) in [6.07, 6.45) is 1.99. The summed E-state index contributed by atoms with van der Waals surface area (Å²) in [5, 5.41) is 2.54. The number of nitrogens with zero attached hydrogens (tertiary/aromatic N) is 1. The SMILES string of the molecule is COC(=O)C(Cc1ccc(Br)nc1)NC(C)=O. The molecule has 0 saturated heterocycles. The first-order valence-corrected chi connectivity index (χ1v) is 5.77. The highest BCUT2D eigenvalue weighted by Crippen LogP contribution is 2.08. The fraction of sp³-hybridized carbons (Fsp3) is 0.364. The van der Waals surface area contributed by atoms with Gasteiger partial charge in [-0.25, -0.2) is 9.78 Å². The second-order valence-electron chi connectivity index (χ2n) is 3.47. The van der Waals surface area contributed by atoms with Crippen molar-refractivity contribution in [1.82, 2.24) is 10.3 Å². The molecule has 6 heteroatoms. The highest BCUT2D eigenvalue weighted by atomic mass is 79.9. The average molecular weight is 301 g/mol. The van der Waals surface area contributed by atoms with E-state index in [4.69, 9.17) is 0 Å². The van der Waals surface area contributed by atoms with Crippen molar-refractivity contribution < 1.29 is 14.3 Å². The highest BCUT2D eigenvalue weighted by Gasteiger charge is 2.20. The van der Waals surface area contributed by atoms with Crippen molar-refractivity contribution >= 4 is 27.8 Å². The van der Waals surface area contributed by atoms with Crippen LogP contribution in [0.3, 0.4) is 0 Å². The molecule has 1 atom stereocenters. The normalized spacial score (nSPS) is 11.7. The Labute approximate surface area is 108 Å². The lowest BCUT2D eigenvalue weighted by molar-refractivity contribution is -0.144. The van der Waals surface area contributed by atoms with Crippen molar-refractivity contribution in [2.75, 3.05) is 7.11 Å². The van der Waals surface area contributed by atoms with Crippen molar-refractivity contribution in [3.63, 3.8) is 0 Å². The van der Waals surface area contributed by atoms with Crippen LogP contribution in [-0.4, -0.2) is 30.0 Å². The van der Waals surface area contributed by atoms with Gasteiger partial charge in [0, 0.05) is 19.5 Å². The Morgan fingerprint density at radius 1 is 1.53 bits per heavy atom. The predicted octanol–water partition coefficient (Wildman–Crippen LogP) is 1.06. The summed E-state index contributed by atoms with van der Waals surface area (Å²) in [5.74, 6) is -0.742. The Bertz CT molecular complexity index is 406. The molecule has 0 bridgehead atoms. The molecule has 1 rings (SSSR count). The lowest BCUT2D eigenvalue weighted by Crippen LogP contribution is -2.42. The van der Waals surface area contributed by atoms with E-state index in [1.165, 1.54) is 14.0 Å². The summed E-state index contributed by atoms with van der Waals surface area (Å²) in [7, 11) is 1.29. The van der Waals surface area contributed by atoms with Gasteiger partial charge >= 0.3 is 5.97 Å². The molecule has 0 aliphatic carbocycles. The van der Waals surface area contributed by atoms with Crippen LogP contribution >= 0.6 is 15.9 Å². The second kappa shape index (κ2) is 6.34. The smallest absolute Gasteiger partial charge is 0.328 e. The van der Waals surface area contributed by atoms with Crippen molar-refractivity contribution in [2.45, 2.75) is 19.4 Å². The molecule has 0 radical (unpaired) electrons. The first-order chi connectivity index (χ1) is 8.02. The molecule has 0 fully saturated rings. The Hall–Kier alpha value is -1.43. The summed E-state index contributed by atoms with van der Waals surface area (Å²) in [5.41, 5.74) is 0.845. The van der Waals surface area contributed by atoms with Crippen molar-refractivity contribution in [2.24, 2.45) is 0 Å². The van der Waals surface area contributed by atoms with Gasteiger partial charge in [0.2, 0.25) is 5.91 Å². The molecule has 1 aromatic rings. The molecule has 17 heavy (non-hydrogen) atoms. The summed E-state index contributed by atoms with van der Waals surface area (Å²) < 4.78 is 5.34. The average Bonchev–Trinajstić information content (AvgIpc) is 2.29. The number of esters is 1. The largest absolute Gasteiger partial charge is 0.467 e. The molecule has 1 amide bonds. The van der Waals surface area contributed by atoms with Crippen molar-refractivity contribution in [3.8, 4) is 0 Å². The second-order valence-corrected chi connectivity index (χ2v) is 4.28. The third kappa shape index (κ3) is 4.52. The van der Waals surface area contributed by atoms with Crippen LogP contribution in [0.15, 0.2) is 22.9 Å². The molecular formula is C11H13BrN2O3. The molecule has 0 spiro atoms. The third-order valence-electron chi connectivity index (χ3n) is 2.09. The maximum absolute atomic E-state index is 11.5. The molecule has 92 valence electrons. The number of methoxy groups -OCH3 is 1. The minimum atomic E-state index is -0.680. The van der Waals surface area contributed by atoms with E-state index in [0.717, 1.165) is 10.2 Å². The summed E-state index contributed by atoms with van der Waals surface area (Å²) in [6.45, 7) is 1.36. The zero-order chi connectivity index (χ0) is 12.8. The van der Waals surface area contributed by atoms with Crippen LogP contribution in [0.5, 0.6) is 0 Å². The number of halogens is 1. The summed E-state index contributed by atoms with van der Waals surface area (Å²) in [4.78, 5) is 26.5. The van der Waals surface area contributed by atoms with Crippen molar-refractivity contribution in [1.29, 1.82) is 0 Å². The van der Waals surface area contributed by atoms with Gasteiger partial charge in [-0.15, -0.1) is 0 Å². The van der Waals surface area contributed by atoms with Crippen LogP contribution in [0.25, 0.3) is 0 Å². The number of hydrogen-bond acceptors (Lipinski definition) is 4. The van der Waals surface area contributed by atoms with Gasteiger partial charge in [0.1, 0.15) is 10.6 Å². The van der Waals surface area contributed by atoms with Crippen LogP contribution in [0.2, 0.25) is 0 Å². The lowest BCUT2D eigenvalue weighted by Gasteiger charge is -2.15. The fourth-order valence-corrected chi connectivity index (χ4v) is 1.58. The zero-order valence-corrected chi connectivity index (χ0v) is 11.2. The highest BCUT2D eigenvalue weighted by molar-refractivity contribution is 9.10. The number of hydrogen-bond donors (Lipinski definition) is 1. The maximum atomic E-state index is 11.5. The Balaban J connectivity index is 2.75. The molecule has 1 unspecified atom stereocenters. The van der Waals surface area contributed by atoms with Crippen LogP contribution in [0.4, 0.5) is 0 Å². The fourth-order valence-electron chi connectivity index (χ4n) is 1.34. The minimum absolute atomic E-state index is 0.273. The number of nitrogens with one attached hydrogen (secondary N) is 1. The minimum Gasteiger partial charge on any atom is -0.467 e. The van der Waals surface area contributed by atoms with Crippen LogP contribution in [0, 0.1) is 0 Å². The third-order valence-corrected chi connectivity index (χ3v) is 2.56. The number of carbonyl (C=O) groups is 2. The molecule has 1 aromatic heterocycles. The molecule has 5 nitrogen and oxygen atoms in total. The molecular weight excluding hydrogens is 288 g/mol. The number of ether oxygens (including phenoxy) is 1. The molecule has 0 aliphatic heterocycles. The van der Waals surface area contributed by atoms with E-state index in [1.54, 1.807) is 12.3 Å². The van der Waals surface area contributed by atoms with E-state index in [1.807, 2.05) is 6.07 Å². The molecule has 0 aliphatic rings. The number of rotatable bonds is 4. The zero-order valence-electron chi connectivity index (χ0n) is 9.57. The van der Waals surface area contributed by atoms with E-state index < -0.39 is 12.0 Å². The summed E-state index contributed by atoms with van der Waals surface area (Å²) in [6, 6.07) is 2.92. The quantitative estimate of drug-likeness (QED) is 0.667. The Morgan fingerprint density at radius 2 is 2.24 bits per heavy atom. The standard InChI is InChI=1S/C11H13BrN2O3/c1-7(15)14-9(11(16)17-2)5-8-3-4-10(12)13-6-8/h3-4,6,9H,5H2,1-2H3,(H,14,15). The Kier molecular flexibility index (Phi) is 5.09. The van der Waals surface area contributed by atoms with Gasteiger partial charge in [-0.2, -0.15) is 0 Å². The first kappa shape index (κ1) is 13.6. The Morgan fingerprint density at radius 3 is 2.71 bits per heavy atom. The summed E-state index contributed by atoms with van der Waals surface area (Å²) >= 11 is 3.22. The molecule has 1 N–H and O–H groups in total. The van der Waals surface area contributed by atoms with Gasteiger partial charge in [0.25, 0.3) is 0 Å². The van der Waals surface area contributed by atoms with E-state index in [0.29, 0.717) is 6.42 Å². The van der Waals surface area contributed by atoms with Crippen LogP contribution < -0.4 is 5.32 Å². The van der Waals surface area contributed by atoms with E-state index in [-0.39, 0.29) is 5.91 Å². The number of carbonyl (C=O) groups excluding carboxylic acids is 2. The van der Waals surface area contributed by atoms with Gasteiger partial charge in [-0.3, -0.25) is 4.79 Å². The maximum Gasteiger partial charge on any atom is 0.328 e. The van der Waals surface area contributed by atoms with Crippen molar-refractivity contribution in [3.05, 3.63) is 28.5 Å². The van der Waals surface area contributed by atoms with Crippen LogP contribution in [0.1, 0.15) is 12.5 Å². The van der Waals surface area contributed by atoms with Crippen LogP contribution in [-0.2, 0) is 20.7 Å². The van der Waals surface area contributed by atoms with E-state index in [9.17, 15) is 9.59 Å². The monoisotopic (exact) mass is 300 g/mol. The van der Waals surface area contributed by atoms with Gasteiger partial charge < -0.3 is 10.1 Å². The van der Waals surface area contributed by atoms with E-state index in [2.05, 4.69) is 31.0 Å². The van der Waals surface area contributed by atoms with Gasteiger partial charge in [0.05, 0.1) is 7.11 Å². The van der Waals surface area contributed by atoms with E-state index >= 15 is 0 Å². The van der Waals surface area contributed by atoms with Gasteiger partial charge in [0.15, 0.2) is 0 Å². The van der Waals surface area contributed by atoms with Gasteiger partial charge in [-0.1, -0.05) is 6.07 Å². The molecule has 1 heterocycles. The number of pyridine rings is 1. The predicted molar refractivity (Wildman–Crippen MR) is 65.3 cm³/mol. The first-order valence-electron chi connectivity index (χ1n) is 4.98. The number of amides is 1. The number of aromatic nitrogens is 1. The topological polar surface area (TPSA) is 68.3 Å². The molecule has 0 aromatic carbocycles. The molecule has 0 saturated carbocycles. The lowest BCUT2D eigenvalue weighted by atomic mass is 10.1.